The molecule has 0 spiro atoms. The van der Waals surface area contributed by atoms with Crippen LogP contribution >= 0.6 is 0 Å². The van der Waals surface area contributed by atoms with Crippen molar-refractivity contribution >= 4 is 12.0 Å². The van der Waals surface area contributed by atoms with E-state index in [1.165, 1.54) is 18.2 Å². The van der Waals surface area contributed by atoms with E-state index in [4.69, 9.17) is 18.9 Å². The number of ether oxygens (including phenoxy) is 4. The first-order valence-corrected chi connectivity index (χ1v) is 10.4. The van der Waals surface area contributed by atoms with Gasteiger partial charge in [-0.25, -0.2) is 4.79 Å². The van der Waals surface area contributed by atoms with Crippen LogP contribution in [0.15, 0.2) is 30.3 Å². The van der Waals surface area contributed by atoms with Crippen LogP contribution in [-0.4, -0.2) is 121 Å². The Balaban J connectivity index is 1.54. The molecule has 34 heavy (non-hydrogen) atoms. The van der Waals surface area contributed by atoms with Gasteiger partial charge < -0.3 is 59.8 Å². The fraction of sp³-hybridized carbons (Fsp3) is 0.571. The third-order valence-electron chi connectivity index (χ3n) is 5.50. The quantitative estimate of drug-likeness (QED) is 0.139. The highest BCUT2D eigenvalue weighted by molar-refractivity contribution is 5.87. The molecule has 2 saturated heterocycles. The van der Waals surface area contributed by atoms with Gasteiger partial charge in [-0.15, -0.1) is 0 Å². The van der Waals surface area contributed by atoms with Crippen LogP contribution in [0.3, 0.4) is 0 Å². The molecule has 0 aromatic heterocycles. The summed E-state index contributed by atoms with van der Waals surface area (Å²) in [6.45, 7) is -1.24. The topological polar surface area (TPSA) is 216 Å². The number of phenolic OH excluding ortho intramolecular Hbond substituents is 1. The Kier molecular flexibility index (Phi) is 8.95. The van der Waals surface area contributed by atoms with E-state index in [0.717, 1.165) is 6.08 Å². The number of carbonyl (C=O) groups excluding carboxylic acids is 1. The molecule has 2 heterocycles. The van der Waals surface area contributed by atoms with Crippen molar-refractivity contribution in [3.8, 4) is 5.75 Å². The number of rotatable bonds is 7. The van der Waals surface area contributed by atoms with Gasteiger partial charge in [-0.2, -0.15) is 0 Å². The number of hydrogen-bond donors (Lipinski definition) is 8. The summed E-state index contributed by atoms with van der Waals surface area (Å²) in [6.07, 6.45) is -13.9. The van der Waals surface area contributed by atoms with Crippen molar-refractivity contribution in [2.45, 2.75) is 61.4 Å². The second kappa shape index (κ2) is 11.5. The zero-order valence-electron chi connectivity index (χ0n) is 17.8. The molecule has 0 bridgehead atoms. The Hall–Kier alpha value is -2.17. The summed E-state index contributed by atoms with van der Waals surface area (Å²) >= 11 is 0. The maximum Gasteiger partial charge on any atom is 0.330 e. The van der Waals surface area contributed by atoms with E-state index in [0.29, 0.717) is 5.56 Å². The summed E-state index contributed by atoms with van der Waals surface area (Å²) in [5.74, 6) is -0.735. The number of aliphatic hydroxyl groups is 7. The van der Waals surface area contributed by atoms with Crippen LogP contribution in [0.4, 0.5) is 0 Å². The van der Waals surface area contributed by atoms with Gasteiger partial charge in [0.25, 0.3) is 0 Å². The van der Waals surface area contributed by atoms with E-state index < -0.39 is 80.6 Å². The zero-order chi connectivity index (χ0) is 25.0. The Labute approximate surface area is 193 Å². The highest BCUT2D eigenvalue weighted by Crippen LogP contribution is 2.28. The molecule has 0 radical (unpaired) electrons. The lowest BCUT2D eigenvalue weighted by Crippen LogP contribution is -2.64. The lowest BCUT2D eigenvalue weighted by molar-refractivity contribution is -0.361. The van der Waals surface area contributed by atoms with Gasteiger partial charge in [-0.3, -0.25) is 0 Å². The molecule has 0 amide bonds. The van der Waals surface area contributed by atoms with Gasteiger partial charge in [0.05, 0.1) is 6.61 Å². The van der Waals surface area contributed by atoms with Crippen LogP contribution in [-0.2, 0) is 23.7 Å². The van der Waals surface area contributed by atoms with Crippen molar-refractivity contribution in [1.29, 1.82) is 0 Å². The number of carbonyl (C=O) groups is 1. The van der Waals surface area contributed by atoms with Crippen molar-refractivity contribution in [2.24, 2.45) is 0 Å². The molecule has 0 unspecified atom stereocenters. The van der Waals surface area contributed by atoms with E-state index in [1.54, 1.807) is 12.1 Å². The monoisotopic (exact) mass is 488 g/mol. The molecular formula is C21H28O13. The molecule has 190 valence electrons. The van der Waals surface area contributed by atoms with Crippen LogP contribution < -0.4 is 0 Å². The highest BCUT2D eigenvalue weighted by Gasteiger charge is 2.50. The maximum absolute atomic E-state index is 11.9. The average Bonchev–Trinajstić information content (AvgIpc) is 2.82. The standard InChI is InChI=1S/C21H28O13/c22-7-11-14(25)16(27)18(29)21(33-11)34-19-17(28)15(26)12(32-20(19)30)8-31-13(24)6-3-9-1-4-10(23)5-2-9/h1-6,11-12,14-23,25-30H,7-8H2/b6-3+/t11-,12-,14+,15+,16+,17-,18+,19-,20+,21+/m0/s1. The largest absolute Gasteiger partial charge is 0.508 e. The molecule has 13 nitrogen and oxygen atoms in total. The molecule has 13 heteroatoms. The van der Waals surface area contributed by atoms with E-state index in [9.17, 15) is 45.6 Å². The van der Waals surface area contributed by atoms with E-state index in [1.807, 2.05) is 0 Å². The lowest BCUT2D eigenvalue weighted by atomic mass is 9.97. The minimum atomic E-state index is -1.86. The molecule has 8 N–H and O–H groups in total. The normalized spacial score (nSPS) is 38.7. The number of aromatic hydroxyl groups is 1. The number of phenols is 1. The average molecular weight is 488 g/mol. The SMILES string of the molecule is O=C(/C=C/c1ccc(O)cc1)OC[C@@H]1O[C@@H](O)[C@@H](O[C@H]2O[C@@H](CO)[C@@H](O)[C@@H](O)[C@H]2O)[C@@H](O)[C@@H]1O. The molecule has 1 aromatic carbocycles. The first-order valence-electron chi connectivity index (χ1n) is 10.4. The summed E-state index contributed by atoms with van der Waals surface area (Å²) in [5.41, 5.74) is 0.614. The number of esters is 1. The van der Waals surface area contributed by atoms with Gasteiger partial charge >= 0.3 is 5.97 Å². The van der Waals surface area contributed by atoms with Crippen molar-refractivity contribution < 1.29 is 64.6 Å². The summed E-state index contributed by atoms with van der Waals surface area (Å²) < 4.78 is 20.6. The lowest BCUT2D eigenvalue weighted by Gasteiger charge is -2.45. The third-order valence-corrected chi connectivity index (χ3v) is 5.50. The van der Waals surface area contributed by atoms with E-state index in [2.05, 4.69) is 0 Å². The number of hydrogen-bond acceptors (Lipinski definition) is 13. The van der Waals surface area contributed by atoms with Gasteiger partial charge in [0.2, 0.25) is 0 Å². The summed E-state index contributed by atoms with van der Waals surface area (Å²) in [7, 11) is 0. The summed E-state index contributed by atoms with van der Waals surface area (Å²) in [6, 6.07) is 6.00. The Morgan fingerprint density at radius 2 is 1.53 bits per heavy atom. The van der Waals surface area contributed by atoms with E-state index in [-0.39, 0.29) is 5.75 Å². The van der Waals surface area contributed by atoms with Crippen molar-refractivity contribution in [2.75, 3.05) is 13.2 Å². The van der Waals surface area contributed by atoms with Gasteiger partial charge in [0.1, 0.15) is 61.2 Å². The second-order valence-electron chi connectivity index (χ2n) is 7.90. The van der Waals surface area contributed by atoms with Crippen molar-refractivity contribution in [3.63, 3.8) is 0 Å². The molecule has 1 aromatic rings. The Morgan fingerprint density at radius 1 is 0.882 bits per heavy atom. The van der Waals surface area contributed by atoms with Crippen molar-refractivity contribution in [3.05, 3.63) is 35.9 Å². The van der Waals surface area contributed by atoms with Gasteiger partial charge in [-0.1, -0.05) is 12.1 Å². The van der Waals surface area contributed by atoms with Crippen LogP contribution in [0, 0.1) is 0 Å². The van der Waals surface area contributed by atoms with Crippen LogP contribution in [0.25, 0.3) is 6.08 Å². The highest BCUT2D eigenvalue weighted by atomic mass is 16.7. The Bertz CT molecular complexity index is 828. The van der Waals surface area contributed by atoms with Crippen LogP contribution in [0.1, 0.15) is 5.56 Å². The van der Waals surface area contributed by atoms with Gasteiger partial charge in [0, 0.05) is 6.08 Å². The first-order chi connectivity index (χ1) is 16.1. The Morgan fingerprint density at radius 3 is 2.18 bits per heavy atom. The maximum atomic E-state index is 11.9. The molecular weight excluding hydrogens is 460 g/mol. The molecule has 3 rings (SSSR count). The fourth-order valence-corrected chi connectivity index (χ4v) is 3.50. The number of aliphatic hydroxyl groups excluding tert-OH is 7. The zero-order valence-corrected chi connectivity index (χ0v) is 17.8. The number of benzene rings is 1. The molecule has 0 saturated carbocycles. The van der Waals surface area contributed by atoms with Crippen molar-refractivity contribution in [1.82, 2.24) is 0 Å². The molecule has 2 aliphatic heterocycles. The fourth-order valence-electron chi connectivity index (χ4n) is 3.50. The smallest absolute Gasteiger partial charge is 0.330 e. The van der Waals surface area contributed by atoms with Crippen LogP contribution in [0.5, 0.6) is 5.75 Å². The minimum absolute atomic E-state index is 0.0640. The molecule has 2 fully saturated rings. The predicted molar refractivity (Wildman–Crippen MR) is 110 cm³/mol. The van der Waals surface area contributed by atoms with E-state index >= 15 is 0 Å². The van der Waals surface area contributed by atoms with Crippen LogP contribution in [0.2, 0.25) is 0 Å². The molecule has 0 aliphatic carbocycles. The first kappa shape index (κ1) is 26.4. The van der Waals surface area contributed by atoms with Gasteiger partial charge in [-0.05, 0) is 23.8 Å². The van der Waals surface area contributed by atoms with Gasteiger partial charge in [0.15, 0.2) is 12.6 Å². The predicted octanol–water partition coefficient (Wildman–Crippen LogP) is -3.43. The minimum Gasteiger partial charge on any atom is -0.508 e. The summed E-state index contributed by atoms with van der Waals surface area (Å²) in [4.78, 5) is 11.9. The molecule has 2 aliphatic rings. The third kappa shape index (κ3) is 6.09. The molecule has 10 atom stereocenters. The summed E-state index contributed by atoms with van der Waals surface area (Å²) in [5, 5.41) is 79.1. The second-order valence-corrected chi connectivity index (χ2v) is 7.90.